The molecule has 0 saturated heterocycles. The fraction of sp³-hybridized carbons (Fsp3) is 0.375. The number of methoxy groups -OCH3 is 1. The van der Waals surface area contributed by atoms with Crippen LogP contribution in [0.1, 0.15) is 36.5 Å². The summed E-state index contributed by atoms with van der Waals surface area (Å²) in [7, 11) is 1.59. The van der Waals surface area contributed by atoms with E-state index in [1.165, 1.54) is 10.9 Å². The number of aromatic nitrogens is 2. The summed E-state index contributed by atoms with van der Waals surface area (Å²) in [4.78, 5) is 16.1. The summed E-state index contributed by atoms with van der Waals surface area (Å²) >= 11 is 0. The van der Waals surface area contributed by atoms with E-state index in [9.17, 15) is 4.79 Å². The SMILES string of the molecule is CCCCCOc1cc(C(=O)n2ccnc2)ccc1OC. The van der Waals surface area contributed by atoms with Crippen LogP contribution in [-0.2, 0) is 0 Å². The summed E-state index contributed by atoms with van der Waals surface area (Å²) in [5.41, 5.74) is 0.541. The van der Waals surface area contributed by atoms with E-state index in [-0.39, 0.29) is 5.91 Å². The largest absolute Gasteiger partial charge is 0.493 e. The number of ether oxygens (including phenoxy) is 2. The van der Waals surface area contributed by atoms with Crippen molar-refractivity contribution in [2.24, 2.45) is 0 Å². The Balaban J connectivity index is 2.15. The Labute approximate surface area is 124 Å². The molecule has 1 aromatic carbocycles. The molecule has 0 atom stereocenters. The number of hydrogen-bond acceptors (Lipinski definition) is 4. The van der Waals surface area contributed by atoms with E-state index in [2.05, 4.69) is 11.9 Å². The van der Waals surface area contributed by atoms with Crippen LogP contribution >= 0.6 is 0 Å². The van der Waals surface area contributed by atoms with Crippen molar-refractivity contribution in [3.05, 3.63) is 42.5 Å². The van der Waals surface area contributed by atoms with Gasteiger partial charge < -0.3 is 9.47 Å². The van der Waals surface area contributed by atoms with Gasteiger partial charge in [-0.1, -0.05) is 19.8 Å². The average Bonchev–Trinajstić information content (AvgIpc) is 3.05. The molecule has 0 aliphatic rings. The summed E-state index contributed by atoms with van der Waals surface area (Å²) in [5, 5.41) is 0. The van der Waals surface area contributed by atoms with Crippen molar-refractivity contribution < 1.29 is 14.3 Å². The van der Waals surface area contributed by atoms with Gasteiger partial charge in [-0.15, -0.1) is 0 Å². The van der Waals surface area contributed by atoms with E-state index in [4.69, 9.17) is 9.47 Å². The van der Waals surface area contributed by atoms with Crippen molar-refractivity contribution >= 4 is 5.91 Å². The number of hydrogen-bond donors (Lipinski definition) is 0. The maximum Gasteiger partial charge on any atom is 0.263 e. The minimum absolute atomic E-state index is 0.145. The summed E-state index contributed by atoms with van der Waals surface area (Å²) in [5.74, 6) is 1.09. The molecule has 0 unspecified atom stereocenters. The first kappa shape index (κ1) is 15.1. The van der Waals surface area contributed by atoms with Crippen molar-refractivity contribution in [1.82, 2.24) is 9.55 Å². The summed E-state index contributed by atoms with van der Waals surface area (Å²) in [6, 6.07) is 5.19. The molecule has 0 aliphatic heterocycles. The van der Waals surface area contributed by atoms with E-state index >= 15 is 0 Å². The van der Waals surface area contributed by atoms with E-state index in [0.29, 0.717) is 23.7 Å². The molecule has 0 saturated carbocycles. The molecule has 21 heavy (non-hydrogen) atoms. The first-order chi connectivity index (χ1) is 10.3. The summed E-state index contributed by atoms with van der Waals surface area (Å²) in [6.45, 7) is 2.76. The lowest BCUT2D eigenvalue weighted by atomic mass is 10.2. The van der Waals surface area contributed by atoms with Gasteiger partial charge in [-0.25, -0.2) is 4.98 Å². The standard InChI is InChI=1S/C16H20N2O3/c1-3-4-5-10-21-15-11-13(6-7-14(15)20-2)16(19)18-9-8-17-12-18/h6-9,11-12H,3-5,10H2,1-2H3. The molecule has 0 bridgehead atoms. The minimum atomic E-state index is -0.145. The van der Waals surface area contributed by atoms with Gasteiger partial charge in [0.05, 0.1) is 13.7 Å². The van der Waals surface area contributed by atoms with Crippen molar-refractivity contribution in [2.45, 2.75) is 26.2 Å². The van der Waals surface area contributed by atoms with Crippen LogP contribution in [0.15, 0.2) is 36.9 Å². The van der Waals surface area contributed by atoms with E-state index in [1.807, 2.05) is 0 Å². The van der Waals surface area contributed by atoms with Gasteiger partial charge >= 0.3 is 0 Å². The van der Waals surface area contributed by atoms with E-state index < -0.39 is 0 Å². The van der Waals surface area contributed by atoms with E-state index in [1.54, 1.807) is 37.7 Å². The third kappa shape index (κ3) is 3.84. The lowest BCUT2D eigenvalue weighted by Gasteiger charge is -2.12. The molecule has 0 radical (unpaired) electrons. The molecular weight excluding hydrogens is 268 g/mol. The Morgan fingerprint density at radius 2 is 2.14 bits per heavy atom. The van der Waals surface area contributed by atoms with Gasteiger partial charge in [-0.2, -0.15) is 0 Å². The highest BCUT2D eigenvalue weighted by Gasteiger charge is 2.12. The zero-order chi connectivity index (χ0) is 15.1. The first-order valence-corrected chi connectivity index (χ1v) is 7.09. The van der Waals surface area contributed by atoms with Crippen LogP contribution in [0.5, 0.6) is 11.5 Å². The van der Waals surface area contributed by atoms with Gasteiger partial charge in [0, 0.05) is 18.0 Å². The maximum atomic E-state index is 12.3. The quantitative estimate of drug-likeness (QED) is 0.734. The van der Waals surface area contributed by atoms with Crippen molar-refractivity contribution in [2.75, 3.05) is 13.7 Å². The van der Waals surface area contributed by atoms with Gasteiger partial charge in [0.2, 0.25) is 0 Å². The van der Waals surface area contributed by atoms with Crippen LogP contribution in [0.2, 0.25) is 0 Å². The smallest absolute Gasteiger partial charge is 0.263 e. The van der Waals surface area contributed by atoms with Gasteiger partial charge in [0.25, 0.3) is 5.91 Å². The zero-order valence-electron chi connectivity index (χ0n) is 12.4. The predicted molar refractivity (Wildman–Crippen MR) is 80.0 cm³/mol. The maximum absolute atomic E-state index is 12.3. The Kier molecular flexibility index (Phi) is 5.37. The number of benzene rings is 1. The lowest BCUT2D eigenvalue weighted by molar-refractivity contribution is 0.0959. The van der Waals surface area contributed by atoms with Gasteiger partial charge in [-0.3, -0.25) is 9.36 Å². The van der Waals surface area contributed by atoms with Crippen LogP contribution in [0.25, 0.3) is 0 Å². The molecule has 1 heterocycles. The average molecular weight is 288 g/mol. The number of carbonyl (C=O) groups is 1. The molecular formula is C16H20N2O3. The number of rotatable bonds is 7. The number of unbranched alkanes of at least 4 members (excludes halogenated alkanes) is 2. The molecule has 0 fully saturated rings. The second-order valence-electron chi connectivity index (χ2n) is 4.70. The molecule has 2 aromatic rings. The van der Waals surface area contributed by atoms with E-state index in [0.717, 1.165) is 19.3 Å². The Morgan fingerprint density at radius 1 is 1.29 bits per heavy atom. The Bertz CT molecular complexity index is 579. The molecule has 2 rings (SSSR count). The molecule has 112 valence electrons. The van der Waals surface area contributed by atoms with Crippen LogP contribution in [0.3, 0.4) is 0 Å². The Hall–Kier alpha value is -2.30. The monoisotopic (exact) mass is 288 g/mol. The number of carbonyl (C=O) groups excluding carboxylic acids is 1. The minimum Gasteiger partial charge on any atom is -0.493 e. The van der Waals surface area contributed by atoms with Crippen LogP contribution in [0, 0.1) is 0 Å². The fourth-order valence-electron chi connectivity index (χ4n) is 1.99. The normalized spacial score (nSPS) is 10.4. The zero-order valence-corrected chi connectivity index (χ0v) is 12.4. The third-order valence-corrected chi connectivity index (χ3v) is 3.15. The van der Waals surface area contributed by atoms with Gasteiger partial charge in [0.15, 0.2) is 11.5 Å². The summed E-state index contributed by atoms with van der Waals surface area (Å²) in [6.07, 6.45) is 7.92. The summed E-state index contributed by atoms with van der Waals surface area (Å²) < 4.78 is 12.4. The first-order valence-electron chi connectivity index (χ1n) is 7.09. The fourth-order valence-corrected chi connectivity index (χ4v) is 1.99. The van der Waals surface area contributed by atoms with Gasteiger partial charge in [0.1, 0.15) is 6.33 Å². The molecule has 0 amide bonds. The second kappa shape index (κ2) is 7.47. The molecule has 0 aliphatic carbocycles. The lowest BCUT2D eigenvalue weighted by Crippen LogP contribution is -2.10. The van der Waals surface area contributed by atoms with Crippen LogP contribution in [-0.4, -0.2) is 29.2 Å². The molecule has 5 heteroatoms. The van der Waals surface area contributed by atoms with Crippen LogP contribution < -0.4 is 9.47 Å². The number of nitrogens with zero attached hydrogens (tertiary/aromatic N) is 2. The highest BCUT2D eigenvalue weighted by atomic mass is 16.5. The van der Waals surface area contributed by atoms with Crippen molar-refractivity contribution in [1.29, 1.82) is 0 Å². The van der Waals surface area contributed by atoms with Crippen molar-refractivity contribution in [3.63, 3.8) is 0 Å². The molecule has 0 spiro atoms. The third-order valence-electron chi connectivity index (χ3n) is 3.15. The molecule has 1 aromatic heterocycles. The van der Waals surface area contributed by atoms with Crippen LogP contribution in [0.4, 0.5) is 0 Å². The number of imidazole rings is 1. The highest BCUT2D eigenvalue weighted by molar-refractivity contribution is 5.96. The Morgan fingerprint density at radius 3 is 2.81 bits per heavy atom. The van der Waals surface area contributed by atoms with Gasteiger partial charge in [-0.05, 0) is 24.6 Å². The predicted octanol–water partition coefficient (Wildman–Crippen LogP) is 3.15. The highest BCUT2D eigenvalue weighted by Crippen LogP contribution is 2.28. The molecule has 0 N–H and O–H groups in total. The second-order valence-corrected chi connectivity index (χ2v) is 4.70. The van der Waals surface area contributed by atoms with Crippen molar-refractivity contribution in [3.8, 4) is 11.5 Å². The molecule has 5 nitrogen and oxygen atoms in total. The topological polar surface area (TPSA) is 53.4 Å².